The number of ether oxygens (including phenoxy) is 1. The molecule has 0 saturated carbocycles. The van der Waals surface area contributed by atoms with Crippen molar-refractivity contribution in [3.8, 4) is 5.75 Å². The zero-order valence-corrected chi connectivity index (χ0v) is 12.1. The van der Waals surface area contributed by atoms with Crippen LogP contribution in [0.15, 0.2) is 54.6 Å². The molecule has 0 unspecified atom stereocenters. The Morgan fingerprint density at radius 3 is 2.43 bits per heavy atom. The Kier molecular flexibility index (Phi) is 5.64. The van der Waals surface area contributed by atoms with Crippen molar-refractivity contribution in [3.05, 3.63) is 60.2 Å². The van der Waals surface area contributed by atoms with Gasteiger partial charge in [-0.15, -0.1) is 0 Å². The Morgan fingerprint density at radius 2 is 1.76 bits per heavy atom. The maximum absolute atomic E-state index is 11.7. The fourth-order valence-corrected chi connectivity index (χ4v) is 1.98. The van der Waals surface area contributed by atoms with Crippen molar-refractivity contribution in [2.24, 2.45) is 0 Å². The molecule has 0 radical (unpaired) electrons. The van der Waals surface area contributed by atoms with Gasteiger partial charge >= 0.3 is 6.03 Å². The fourth-order valence-electron chi connectivity index (χ4n) is 1.98. The summed E-state index contributed by atoms with van der Waals surface area (Å²) in [6, 6.07) is 17.2. The van der Waals surface area contributed by atoms with Gasteiger partial charge in [0.15, 0.2) is 0 Å². The SMILES string of the molecule is COc1ccc(CCCNC(=O)Nc2ccccc2)cc1. The minimum Gasteiger partial charge on any atom is -0.497 e. The molecule has 2 aromatic carbocycles. The number of nitrogens with one attached hydrogen (secondary N) is 2. The van der Waals surface area contributed by atoms with Gasteiger partial charge in [0.05, 0.1) is 7.11 Å². The van der Waals surface area contributed by atoms with Crippen LogP contribution >= 0.6 is 0 Å². The third-order valence-electron chi connectivity index (χ3n) is 3.12. The highest BCUT2D eigenvalue weighted by molar-refractivity contribution is 5.89. The number of benzene rings is 2. The number of anilines is 1. The van der Waals surface area contributed by atoms with E-state index in [0.717, 1.165) is 24.3 Å². The Hall–Kier alpha value is -2.49. The van der Waals surface area contributed by atoms with Gasteiger partial charge in [0.25, 0.3) is 0 Å². The van der Waals surface area contributed by atoms with E-state index in [4.69, 9.17) is 4.74 Å². The van der Waals surface area contributed by atoms with E-state index in [1.807, 2.05) is 54.6 Å². The van der Waals surface area contributed by atoms with Crippen molar-refractivity contribution in [3.63, 3.8) is 0 Å². The summed E-state index contributed by atoms with van der Waals surface area (Å²) in [5.74, 6) is 0.860. The quantitative estimate of drug-likeness (QED) is 0.798. The first-order valence-corrected chi connectivity index (χ1v) is 7.01. The number of carbonyl (C=O) groups is 1. The average Bonchev–Trinajstić information content (AvgIpc) is 2.53. The Morgan fingerprint density at radius 1 is 1.05 bits per heavy atom. The summed E-state index contributed by atoms with van der Waals surface area (Å²) in [6.07, 6.45) is 1.82. The predicted octanol–water partition coefficient (Wildman–Crippen LogP) is 3.45. The number of hydrogen-bond acceptors (Lipinski definition) is 2. The number of hydrogen-bond donors (Lipinski definition) is 2. The van der Waals surface area contributed by atoms with Gasteiger partial charge in [-0.3, -0.25) is 0 Å². The molecule has 0 saturated heterocycles. The molecule has 0 aliphatic rings. The molecule has 21 heavy (non-hydrogen) atoms. The summed E-state index contributed by atoms with van der Waals surface area (Å²) < 4.78 is 5.12. The van der Waals surface area contributed by atoms with E-state index in [-0.39, 0.29) is 6.03 Å². The van der Waals surface area contributed by atoms with Crippen LogP contribution in [0.3, 0.4) is 0 Å². The first-order chi connectivity index (χ1) is 10.3. The van der Waals surface area contributed by atoms with Crippen LogP contribution in [0.1, 0.15) is 12.0 Å². The van der Waals surface area contributed by atoms with Crippen LogP contribution in [0.25, 0.3) is 0 Å². The zero-order chi connectivity index (χ0) is 14.9. The maximum atomic E-state index is 11.7. The number of para-hydroxylation sites is 1. The summed E-state index contributed by atoms with van der Waals surface area (Å²) in [6.45, 7) is 0.644. The Labute approximate surface area is 125 Å². The molecule has 2 rings (SSSR count). The fraction of sp³-hybridized carbons (Fsp3) is 0.235. The molecule has 0 heterocycles. The molecule has 0 bridgehead atoms. The van der Waals surface area contributed by atoms with Crippen LogP contribution in [0.5, 0.6) is 5.75 Å². The molecule has 0 aliphatic carbocycles. The highest BCUT2D eigenvalue weighted by Gasteiger charge is 2.00. The molecule has 0 spiro atoms. The van der Waals surface area contributed by atoms with Crippen LogP contribution in [0.4, 0.5) is 10.5 Å². The molecule has 0 aromatic heterocycles. The van der Waals surface area contributed by atoms with E-state index in [9.17, 15) is 4.79 Å². The third-order valence-corrected chi connectivity index (χ3v) is 3.12. The molecule has 2 amide bonds. The lowest BCUT2D eigenvalue weighted by Crippen LogP contribution is -2.29. The van der Waals surface area contributed by atoms with Crippen molar-refractivity contribution < 1.29 is 9.53 Å². The molecule has 110 valence electrons. The van der Waals surface area contributed by atoms with E-state index in [1.165, 1.54) is 5.56 Å². The lowest BCUT2D eigenvalue weighted by atomic mass is 10.1. The average molecular weight is 284 g/mol. The number of rotatable bonds is 6. The molecule has 4 heteroatoms. The van der Waals surface area contributed by atoms with Crippen LogP contribution in [0, 0.1) is 0 Å². The second-order valence-electron chi connectivity index (χ2n) is 4.70. The van der Waals surface area contributed by atoms with Gasteiger partial charge in [-0.25, -0.2) is 4.79 Å². The molecular weight excluding hydrogens is 264 g/mol. The summed E-state index contributed by atoms with van der Waals surface area (Å²) in [4.78, 5) is 11.7. The first kappa shape index (κ1) is 14.9. The second kappa shape index (κ2) is 7.94. The monoisotopic (exact) mass is 284 g/mol. The second-order valence-corrected chi connectivity index (χ2v) is 4.70. The van der Waals surface area contributed by atoms with Gasteiger partial charge in [-0.05, 0) is 42.7 Å². The topological polar surface area (TPSA) is 50.4 Å². The van der Waals surface area contributed by atoms with Crippen LogP contribution in [0.2, 0.25) is 0 Å². The van der Waals surface area contributed by atoms with Gasteiger partial charge in [0, 0.05) is 12.2 Å². The van der Waals surface area contributed by atoms with E-state index < -0.39 is 0 Å². The lowest BCUT2D eigenvalue weighted by molar-refractivity contribution is 0.252. The molecule has 2 N–H and O–H groups in total. The van der Waals surface area contributed by atoms with Gasteiger partial charge in [0.1, 0.15) is 5.75 Å². The molecule has 0 aliphatic heterocycles. The Bertz CT molecular complexity index is 553. The van der Waals surface area contributed by atoms with Crippen LogP contribution < -0.4 is 15.4 Å². The number of amides is 2. The molecule has 4 nitrogen and oxygen atoms in total. The molecule has 0 atom stereocenters. The van der Waals surface area contributed by atoms with Crippen molar-refractivity contribution >= 4 is 11.7 Å². The van der Waals surface area contributed by atoms with Crippen molar-refractivity contribution in [1.29, 1.82) is 0 Å². The number of methoxy groups -OCH3 is 1. The number of urea groups is 1. The third kappa shape index (κ3) is 5.18. The molecule has 2 aromatic rings. The van der Waals surface area contributed by atoms with Gasteiger partial charge < -0.3 is 15.4 Å². The lowest BCUT2D eigenvalue weighted by Gasteiger charge is -2.07. The Balaban J connectivity index is 1.66. The van der Waals surface area contributed by atoms with E-state index in [0.29, 0.717) is 6.54 Å². The van der Waals surface area contributed by atoms with E-state index >= 15 is 0 Å². The van der Waals surface area contributed by atoms with Crippen LogP contribution in [-0.2, 0) is 6.42 Å². The summed E-state index contributed by atoms with van der Waals surface area (Å²) >= 11 is 0. The molecular formula is C17H20N2O2. The normalized spacial score (nSPS) is 9.95. The predicted molar refractivity (Wildman–Crippen MR) is 84.8 cm³/mol. The summed E-state index contributed by atoms with van der Waals surface area (Å²) in [5.41, 5.74) is 2.03. The largest absolute Gasteiger partial charge is 0.497 e. The summed E-state index contributed by atoms with van der Waals surface area (Å²) in [5, 5.41) is 5.64. The van der Waals surface area contributed by atoms with Crippen LogP contribution in [-0.4, -0.2) is 19.7 Å². The van der Waals surface area contributed by atoms with Crippen molar-refractivity contribution in [2.75, 3.05) is 19.0 Å². The van der Waals surface area contributed by atoms with Crippen molar-refractivity contribution in [1.82, 2.24) is 5.32 Å². The minimum absolute atomic E-state index is 0.170. The zero-order valence-electron chi connectivity index (χ0n) is 12.1. The highest BCUT2D eigenvalue weighted by atomic mass is 16.5. The first-order valence-electron chi connectivity index (χ1n) is 7.01. The van der Waals surface area contributed by atoms with Gasteiger partial charge in [0.2, 0.25) is 0 Å². The maximum Gasteiger partial charge on any atom is 0.319 e. The smallest absolute Gasteiger partial charge is 0.319 e. The van der Waals surface area contributed by atoms with E-state index in [2.05, 4.69) is 10.6 Å². The summed E-state index contributed by atoms with van der Waals surface area (Å²) in [7, 11) is 1.66. The van der Waals surface area contributed by atoms with Crippen molar-refractivity contribution in [2.45, 2.75) is 12.8 Å². The number of carbonyl (C=O) groups excluding carboxylic acids is 1. The van der Waals surface area contributed by atoms with Gasteiger partial charge in [-0.1, -0.05) is 30.3 Å². The molecule has 0 fully saturated rings. The van der Waals surface area contributed by atoms with Gasteiger partial charge in [-0.2, -0.15) is 0 Å². The minimum atomic E-state index is -0.170. The number of aryl methyl sites for hydroxylation is 1. The highest BCUT2D eigenvalue weighted by Crippen LogP contribution is 2.12. The van der Waals surface area contributed by atoms with E-state index in [1.54, 1.807) is 7.11 Å². The standard InChI is InChI=1S/C17H20N2O2/c1-21-16-11-9-14(10-12-16)6-5-13-18-17(20)19-15-7-3-2-4-8-15/h2-4,7-12H,5-6,13H2,1H3,(H2,18,19,20).